The predicted octanol–water partition coefficient (Wildman–Crippen LogP) is 3.83. The van der Waals surface area contributed by atoms with Crippen LogP contribution in [0, 0.1) is 18.8 Å². The molecule has 2 atom stereocenters. The van der Waals surface area contributed by atoms with Crippen molar-refractivity contribution in [1.29, 1.82) is 0 Å². The standard InChI is InChI=1S/C15H22ClN/c1-11-6-7-13(15(16)8-11)9-12-4-3-5-14(12)10-17-2/h6-8,12,14,17H,3-5,9-10H2,1-2H3. The molecule has 0 heterocycles. The largest absolute Gasteiger partial charge is 0.319 e. The fraction of sp³-hybridized carbons (Fsp3) is 0.600. The van der Waals surface area contributed by atoms with E-state index in [-0.39, 0.29) is 0 Å². The second-order valence-corrected chi connectivity index (χ2v) is 5.71. The summed E-state index contributed by atoms with van der Waals surface area (Å²) in [5.74, 6) is 1.64. The smallest absolute Gasteiger partial charge is 0.0440 e. The van der Waals surface area contributed by atoms with Crippen molar-refractivity contribution in [2.45, 2.75) is 32.6 Å². The van der Waals surface area contributed by atoms with E-state index in [0.29, 0.717) is 0 Å². The first-order valence-electron chi connectivity index (χ1n) is 6.60. The van der Waals surface area contributed by atoms with Crippen molar-refractivity contribution < 1.29 is 0 Å². The van der Waals surface area contributed by atoms with Gasteiger partial charge >= 0.3 is 0 Å². The molecule has 1 aromatic carbocycles. The minimum absolute atomic E-state index is 0.808. The quantitative estimate of drug-likeness (QED) is 0.858. The summed E-state index contributed by atoms with van der Waals surface area (Å²) in [5, 5.41) is 4.26. The lowest BCUT2D eigenvalue weighted by Gasteiger charge is -2.20. The maximum atomic E-state index is 6.32. The first-order valence-corrected chi connectivity index (χ1v) is 6.98. The fourth-order valence-corrected chi connectivity index (χ4v) is 3.33. The Hall–Kier alpha value is -0.530. The Morgan fingerprint density at radius 2 is 2.06 bits per heavy atom. The van der Waals surface area contributed by atoms with Gasteiger partial charge in [-0.3, -0.25) is 0 Å². The molecule has 1 aliphatic rings. The van der Waals surface area contributed by atoms with Crippen LogP contribution in [0.5, 0.6) is 0 Å². The molecular formula is C15H22ClN. The Morgan fingerprint density at radius 1 is 1.29 bits per heavy atom. The summed E-state index contributed by atoms with van der Waals surface area (Å²) in [5.41, 5.74) is 2.57. The highest BCUT2D eigenvalue weighted by atomic mass is 35.5. The van der Waals surface area contributed by atoms with Crippen molar-refractivity contribution in [2.75, 3.05) is 13.6 Å². The van der Waals surface area contributed by atoms with Gasteiger partial charge in [-0.25, -0.2) is 0 Å². The van der Waals surface area contributed by atoms with E-state index in [1.807, 2.05) is 7.05 Å². The molecule has 2 rings (SSSR count). The van der Waals surface area contributed by atoms with Crippen LogP contribution >= 0.6 is 11.6 Å². The molecule has 1 fully saturated rings. The highest BCUT2D eigenvalue weighted by Gasteiger charge is 2.27. The molecule has 0 radical (unpaired) electrons. The fourth-order valence-electron chi connectivity index (χ4n) is 3.01. The summed E-state index contributed by atoms with van der Waals surface area (Å²) >= 11 is 6.32. The molecule has 0 saturated heterocycles. The van der Waals surface area contributed by atoms with Gasteiger partial charge in [0.2, 0.25) is 0 Å². The van der Waals surface area contributed by atoms with Gasteiger partial charge in [0, 0.05) is 5.02 Å². The van der Waals surface area contributed by atoms with Gasteiger partial charge in [-0.05, 0) is 68.8 Å². The molecule has 94 valence electrons. The maximum absolute atomic E-state index is 6.32. The van der Waals surface area contributed by atoms with Crippen LogP contribution in [0.3, 0.4) is 0 Å². The van der Waals surface area contributed by atoms with Crippen molar-refractivity contribution in [3.05, 3.63) is 34.3 Å². The molecule has 17 heavy (non-hydrogen) atoms. The van der Waals surface area contributed by atoms with E-state index >= 15 is 0 Å². The van der Waals surface area contributed by atoms with Gasteiger partial charge in [-0.1, -0.05) is 30.2 Å². The number of aryl methyl sites for hydroxylation is 1. The average molecular weight is 252 g/mol. The highest BCUT2D eigenvalue weighted by molar-refractivity contribution is 6.31. The highest BCUT2D eigenvalue weighted by Crippen LogP contribution is 2.35. The summed E-state index contributed by atoms with van der Waals surface area (Å²) in [6.07, 6.45) is 5.25. The van der Waals surface area contributed by atoms with E-state index in [9.17, 15) is 0 Å². The first-order chi connectivity index (χ1) is 8.20. The number of hydrogen-bond donors (Lipinski definition) is 1. The van der Waals surface area contributed by atoms with E-state index in [4.69, 9.17) is 11.6 Å². The van der Waals surface area contributed by atoms with Gasteiger partial charge < -0.3 is 5.32 Å². The van der Waals surface area contributed by atoms with E-state index in [0.717, 1.165) is 29.8 Å². The topological polar surface area (TPSA) is 12.0 Å². The van der Waals surface area contributed by atoms with Gasteiger partial charge in [-0.2, -0.15) is 0 Å². The Morgan fingerprint density at radius 3 is 2.76 bits per heavy atom. The van der Waals surface area contributed by atoms with Crippen LogP contribution in [-0.4, -0.2) is 13.6 Å². The summed E-state index contributed by atoms with van der Waals surface area (Å²) in [6, 6.07) is 6.45. The monoisotopic (exact) mass is 251 g/mol. The zero-order valence-corrected chi connectivity index (χ0v) is 11.6. The van der Waals surface area contributed by atoms with Crippen molar-refractivity contribution >= 4 is 11.6 Å². The van der Waals surface area contributed by atoms with Crippen molar-refractivity contribution in [2.24, 2.45) is 11.8 Å². The lowest BCUT2D eigenvalue weighted by Crippen LogP contribution is -2.23. The molecule has 1 nitrogen and oxygen atoms in total. The Balaban J connectivity index is 2.04. The van der Waals surface area contributed by atoms with Crippen LogP contribution < -0.4 is 5.32 Å². The summed E-state index contributed by atoms with van der Waals surface area (Å²) < 4.78 is 0. The van der Waals surface area contributed by atoms with E-state index in [1.165, 1.54) is 30.4 Å². The molecule has 0 aromatic heterocycles. The molecule has 0 aliphatic heterocycles. The third-order valence-electron chi connectivity index (χ3n) is 3.97. The molecule has 0 amide bonds. The third kappa shape index (κ3) is 3.23. The van der Waals surface area contributed by atoms with Gasteiger partial charge in [-0.15, -0.1) is 0 Å². The zero-order valence-electron chi connectivity index (χ0n) is 10.8. The molecule has 2 unspecified atom stereocenters. The Kier molecular flexibility index (Phi) is 4.47. The van der Waals surface area contributed by atoms with E-state index in [1.54, 1.807) is 0 Å². The van der Waals surface area contributed by atoms with Crippen LogP contribution in [0.25, 0.3) is 0 Å². The lowest BCUT2D eigenvalue weighted by molar-refractivity contribution is 0.374. The number of benzene rings is 1. The second-order valence-electron chi connectivity index (χ2n) is 5.31. The van der Waals surface area contributed by atoms with Gasteiger partial charge in [0.1, 0.15) is 0 Å². The number of halogens is 1. The molecular weight excluding hydrogens is 230 g/mol. The summed E-state index contributed by atoms with van der Waals surface area (Å²) in [7, 11) is 2.05. The second kappa shape index (κ2) is 5.88. The van der Waals surface area contributed by atoms with Crippen molar-refractivity contribution in [3.8, 4) is 0 Å². The van der Waals surface area contributed by atoms with E-state index < -0.39 is 0 Å². The van der Waals surface area contributed by atoms with Crippen LogP contribution in [0.4, 0.5) is 0 Å². The normalized spacial score (nSPS) is 24.2. The molecule has 2 heteroatoms. The van der Waals surface area contributed by atoms with E-state index in [2.05, 4.69) is 30.4 Å². The predicted molar refractivity (Wildman–Crippen MR) is 74.7 cm³/mol. The SMILES string of the molecule is CNCC1CCCC1Cc1ccc(C)cc1Cl. The molecule has 0 spiro atoms. The van der Waals surface area contributed by atoms with Crippen LogP contribution in [0.15, 0.2) is 18.2 Å². The maximum Gasteiger partial charge on any atom is 0.0440 e. The minimum atomic E-state index is 0.808. The van der Waals surface area contributed by atoms with Crippen LogP contribution in [-0.2, 0) is 6.42 Å². The number of hydrogen-bond acceptors (Lipinski definition) is 1. The van der Waals surface area contributed by atoms with Gasteiger partial charge in [0.05, 0.1) is 0 Å². The minimum Gasteiger partial charge on any atom is -0.319 e. The Labute approximate surface area is 110 Å². The number of rotatable bonds is 4. The zero-order chi connectivity index (χ0) is 12.3. The molecule has 1 aliphatic carbocycles. The van der Waals surface area contributed by atoms with Gasteiger partial charge in [0.25, 0.3) is 0 Å². The van der Waals surface area contributed by atoms with Crippen molar-refractivity contribution in [1.82, 2.24) is 5.32 Å². The first kappa shape index (κ1) is 12.9. The molecule has 1 aromatic rings. The van der Waals surface area contributed by atoms with Crippen molar-refractivity contribution in [3.63, 3.8) is 0 Å². The number of nitrogens with one attached hydrogen (secondary N) is 1. The van der Waals surface area contributed by atoms with Crippen LogP contribution in [0.2, 0.25) is 5.02 Å². The average Bonchev–Trinajstić information content (AvgIpc) is 2.71. The molecule has 0 bridgehead atoms. The summed E-state index contributed by atoms with van der Waals surface area (Å²) in [6.45, 7) is 3.24. The van der Waals surface area contributed by atoms with Gasteiger partial charge in [0.15, 0.2) is 0 Å². The summed E-state index contributed by atoms with van der Waals surface area (Å²) in [4.78, 5) is 0. The van der Waals surface area contributed by atoms with Crippen LogP contribution in [0.1, 0.15) is 30.4 Å². The Bertz CT molecular complexity index is 375. The molecule has 1 N–H and O–H groups in total. The third-order valence-corrected chi connectivity index (χ3v) is 4.33. The molecule has 1 saturated carbocycles. The lowest BCUT2D eigenvalue weighted by atomic mass is 9.89.